The SMILES string of the molecule is COc1ccc2cc(C(=O)c3c(F)cccc3F)ccc2c1. The molecular formula is C18H12F2O2. The summed E-state index contributed by atoms with van der Waals surface area (Å²) >= 11 is 0. The van der Waals surface area contributed by atoms with Crippen molar-refractivity contribution in [1.82, 2.24) is 0 Å². The van der Waals surface area contributed by atoms with E-state index in [1.165, 1.54) is 6.07 Å². The smallest absolute Gasteiger partial charge is 0.198 e. The molecule has 0 fully saturated rings. The fourth-order valence-corrected chi connectivity index (χ4v) is 2.35. The van der Waals surface area contributed by atoms with Crippen molar-refractivity contribution < 1.29 is 18.3 Å². The molecule has 0 aromatic heterocycles. The number of halogens is 2. The lowest BCUT2D eigenvalue weighted by Crippen LogP contribution is -2.07. The Kier molecular flexibility index (Phi) is 3.59. The molecule has 22 heavy (non-hydrogen) atoms. The first-order valence-corrected chi connectivity index (χ1v) is 6.66. The van der Waals surface area contributed by atoms with E-state index in [0.717, 1.165) is 22.9 Å². The van der Waals surface area contributed by atoms with Crippen molar-refractivity contribution in [2.45, 2.75) is 0 Å². The van der Waals surface area contributed by atoms with E-state index in [1.807, 2.05) is 6.07 Å². The van der Waals surface area contributed by atoms with Crippen LogP contribution in [0.25, 0.3) is 10.8 Å². The van der Waals surface area contributed by atoms with E-state index in [4.69, 9.17) is 4.74 Å². The van der Waals surface area contributed by atoms with Gasteiger partial charge in [-0.05, 0) is 41.1 Å². The molecule has 3 aromatic rings. The Morgan fingerprint density at radius 3 is 2.23 bits per heavy atom. The first kappa shape index (κ1) is 14.2. The van der Waals surface area contributed by atoms with Crippen LogP contribution in [0.3, 0.4) is 0 Å². The molecule has 0 spiro atoms. The summed E-state index contributed by atoms with van der Waals surface area (Å²) in [6, 6.07) is 13.7. The number of ketones is 1. The van der Waals surface area contributed by atoms with E-state index in [0.29, 0.717) is 5.75 Å². The summed E-state index contributed by atoms with van der Waals surface area (Å²) in [7, 11) is 1.57. The molecule has 0 bridgehead atoms. The van der Waals surface area contributed by atoms with Crippen LogP contribution in [0.5, 0.6) is 5.75 Å². The quantitative estimate of drug-likeness (QED) is 0.672. The summed E-state index contributed by atoms with van der Waals surface area (Å²) < 4.78 is 32.6. The third-order valence-electron chi connectivity index (χ3n) is 3.50. The predicted molar refractivity (Wildman–Crippen MR) is 80.3 cm³/mol. The second-order valence-corrected chi connectivity index (χ2v) is 4.85. The predicted octanol–water partition coefficient (Wildman–Crippen LogP) is 4.36. The highest BCUT2D eigenvalue weighted by molar-refractivity contribution is 6.11. The molecule has 3 aromatic carbocycles. The van der Waals surface area contributed by atoms with Crippen LogP contribution >= 0.6 is 0 Å². The van der Waals surface area contributed by atoms with Gasteiger partial charge in [-0.25, -0.2) is 8.78 Å². The van der Waals surface area contributed by atoms with Crippen LogP contribution in [0.15, 0.2) is 54.6 Å². The number of ether oxygens (including phenoxy) is 1. The number of hydrogen-bond donors (Lipinski definition) is 0. The van der Waals surface area contributed by atoms with Crippen LogP contribution in [-0.4, -0.2) is 12.9 Å². The monoisotopic (exact) mass is 298 g/mol. The Balaban J connectivity index is 2.08. The number of rotatable bonds is 3. The Morgan fingerprint density at radius 2 is 1.55 bits per heavy atom. The molecule has 0 aliphatic carbocycles. The fourth-order valence-electron chi connectivity index (χ4n) is 2.35. The first-order chi connectivity index (χ1) is 10.6. The Labute approximate surface area is 126 Å². The molecule has 3 rings (SSSR count). The van der Waals surface area contributed by atoms with Gasteiger partial charge in [0.1, 0.15) is 17.4 Å². The maximum atomic E-state index is 13.7. The summed E-state index contributed by atoms with van der Waals surface area (Å²) in [6.45, 7) is 0. The van der Waals surface area contributed by atoms with E-state index in [-0.39, 0.29) is 5.56 Å². The Bertz CT molecular complexity index is 852. The van der Waals surface area contributed by atoms with Gasteiger partial charge >= 0.3 is 0 Å². The lowest BCUT2D eigenvalue weighted by molar-refractivity contribution is 0.103. The zero-order chi connectivity index (χ0) is 15.7. The molecular weight excluding hydrogens is 286 g/mol. The van der Waals surface area contributed by atoms with E-state index in [9.17, 15) is 13.6 Å². The molecule has 0 unspecified atom stereocenters. The van der Waals surface area contributed by atoms with Crippen molar-refractivity contribution in [1.29, 1.82) is 0 Å². The van der Waals surface area contributed by atoms with Gasteiger partial charge in [0.25, 0.3) is 0 Å². The Morgan fingerprint density at radius 1 is 0.909 bits per heavy atom. The molecule has 2 nitrogen and oxygen atoms in total. The lowest BCUT2D eigenvalue weighted by Gasteiger charge is -2.07. The summed E-state index contributed by atoms with van der Waals surface area (Å²) in [4.78, 5) is 12.4. The second kappa shape index (κ2) is 5.56. The number of carbonyl (C=O) groups is 1. The summed E-state index contributed by atoms with van der Waals surface area (Å²) in [5, 5.41) is 1.67. The molecule has 4 heteroatoms. The van der Waals surface area contributed by atoms with E-state index in [1.54, 1.807) is 37.4 Å². The molecule has 0 N–H and O–H groups in total. The third kappa shape index (κ3) is 2.44. The van der Waals surface area contributed by atoms with Gasteiger partial charge in [-0.2, -0.15) is 0 Å². The lowest BCUT2D eigenvalue weighted by atomic mass is 9.99. The number of carbonyl (C=O) groups excluding carboxylic acids is 1. The molecule has 0 aliphatic heterocycles. The minimum Gasteiger partial charge on any atom is -0.497 e. The van der Waals surface area contributed by atoms with Crippen LogP contribution in [0.1, 0.15) is 15.9 Å². The summed E-state index contributed by atoms with van der Waals surface area (Å²) in [5.41, 5.74) is -0.294. The Hall–Kier alpha value is -2.75. The van der Waals surface area contributed by atoms with Gasteiger partial charge in [0.2, 0.25) is 0 Å². The van der Waals surface area contributed by atoms with Crippen molar-refractivity contribution in [3.8, 4) is 5.75 Å². The molecule has 110 valence electrons. The first-order valence-electron chi connectivity index (χ1n) is 6.66. The highest BCUT2D eigenvalue weighted by atomic mass is 19.1. The van der Waals surface area contributed by atoms with Crippen LogP contribution in [0, 0.1) is 11.6 Å². The van der Waals surface area contributed by atoms with Crippen molar-refractivity contribution in [3.63, 3.8) is 0 Å². The van der Waals surface area contributed by atoms with Gasteiger partial charge in [0.15, 0.2) is 5.78 Å². The fraction of sp³-hybridized carbons (Fsp3) is 0.0556. The minimum atomic E-state index is -0.861. The topological polar surface area (TPSA) is 26.3 Å². The highest BCUT2D eigenvalue weighted by Crippen LogP contribution is 2.24. The minimum absolute atomic E-state index is 0.238. The van der Waals surface area contributed by atoms with Gasteiger partial charge in [-0.15, -0.1) is 0 Å². The molecule has 0 radical (unpaired) electrons. The van der Waals surface area contributed by atoms with Crippen molar-refractivity contribution in [2.24, 2.45) is 0 Å². The molecule has 0 amide bonds. The maximum absolute atomic E-state index is 13.7. The van der Waals surface area contributed by atoms with Crippen LogP contribution in [0.2, 0.25) is 0 Å². The van der Waals surface area contributed by atoms with Crippen LogP contribution < -0.4 is 4.74 Å². The zero-order valence-corrected chi connectivity index (χ0v) is 11.8. The van der Waals surface area contributed by atoms with Crippen LogP contribution in [-0.2, 0) is 0 Å². The van der Waals surface area contributed by atoms with Crippen molar-refractivity contribution >= 4 is 16.6 Å². The number of benzene rings is 3. The normalized spacial score (nSPS) is 10.7. The molecule has 0 atom stereocenters. The number of fused-ring (bicyclic) bond motifs is 1. The zero-order valence-electron chi connectivity index (χ0n) is 11.8. The average Bonchev–Trinajstić information content (AvgIpc) is 2.53. The molecule has 0 heterocycles. The molecule has 0 aliphatic rings. The maximum Gasteiger partial charge on any atom is 0.198 e. The van der Waals surface area contributed by atoms with Gasteiger partial charge in [0.05, 0.1) is 12.7 Å². The van der Waals surface area contributed by atoms with E-state index >= 15 is 0 Å². The highest BCUT2D eigenvalue weighted by Gasteiger charge is 2.18. The summed E-state index contributed by atoms with van der Waals surface area (Å²) in [5.74, 6) is -1.69. The van der Waals surface area contributed by atoms with Gasteiger partial charge in [-0.3, -0.25) is 4.79 Å². The summed E-state index contributed by atoms with van der Waals surface area (Å²) in [6.07, 6.45) is 0. The van der Waals surface area contributed by atoms with Gasteiger partial charge in [-0.1, -0.05) is 24.3 Å². The molecule has 0 saturated carbocycles. The van der Waals surface area contributed by atoms with E-state index in [2.05, 4.69) is 0 Å². The van der Waals surface area contributed by atoms with Crippen molar-refractivity contribution in [2.75, 3.05) is 7.11 Å². The second-order valence-electron chi connectivity index (χ2n) is 4.85. The standard InChI is InChI=1S/C18H12F2O2/c1-22-14-8-7-11-9-13(6-5-12(11)10-14)18(21)17-15(19)3-2-4-16(17)20/h2-10H,1H3. The van der Waals surface area contributed by atoms with Gasteiger partial charge < -0.3 is 4.74 Å². The average molecular weight is 298 g/mol. The third-order valence-corrected chi connectivity index (χ3v) is 3.50. The number of hydrogen-bond acceptors (Lipinski definition) is 2. The van der Waals surface area contributed by atoms with Crippen LogP contribution in [0.4, 0.5) is 8.78 Å². The van der Waals surface area contributed by atoms with Gasteiger partial charge in [0, 0.05) is 5.56 Å². The number of methoxy groups -OCH3 is 1. The largest absolute Gasteiger partial charge is 0.497 e. The van der Waals surface area contributed by atoms with Crippen molar-refractivity contribution in [3.05, 3.63) is 77.4 Å². The molecule has 0 saturated heterocycles. The van der Waals surface area contributed by atoms with E-state index < -0.39 is 23.0 Å².